The standard InChI is InChI=1S/C20H18F2N2O5S2/c1-28-17-10-5-3-8-15(17)24(31(26,27)19-11-6-12-30-19)13-18(25)23-14-7-2-4-9-16(14)29-20(21)22/h2-12,20H,13H2,1H3,(H,23,25). The lowest BCUT2D eigenvalue weighted by molar-refractivity contribution is -0.114. The van der Waals surface area contributed by atoms with Gasteiger partial charge >= 0.3 is 6.61 Å². The number of nitrogens with zero attached hydrogens (tertiary/aromatic N) is 1. The van der Waals surface area contributed by atoms with Gasteiger partial charge in [0.15, 0.2) is 0 Å². The fraction of sp³-hybridized carbons (Fsp3) is 0.150. The van der Waals surface area contributed by atoms with Gasteiger partial charge in [-0.05, 0) is 35.7 Å². The molecule has 0 atom stereocenters. The minimum Gasteiger partial charge on any atom is -0.495 e. The first-order valence-corrected chi connectivity index (χ1v) is 11.2. The van der Waals surface area contributed by atoms with E-state index in [1.165, 1.54) is 43.5 Å². The van der Waals surface area contributed by atoms with Crippen LogP contribution in [-0.4, -0.2) is 34.6 Å². The first-order chi connectivity index (χ1) is 14.8. The summed E-state index contributed by atoms with van der Waals surface area (Å²) >= 11 is 1.00. The molecule has 0 aliphatic rings. The van der Waals surface area contributed by atoms with E-state index in [0.717, 1.165) is 15.6 Å². The Morgan fingerprint density at radius 3 is 2.39 bits per heavy atom. The van der Waals surface area contributed by atoms with Gasteiger partial charge in [0.2, 0.25) is 5.91 Å². The van der Waals surface area contributed by atoms with Gasteiger partial charge in [-0.15, -0.1) is 11.3 Å². The van der Waals surface area contributed by atoms with Crippen LogP contribution in [0, 0.1) is 0 Å². The van der Waals surface area contributed by atoms with E-state index in [-0.39, 0.29) is 27.1 Å². The Balaban J connectivity index is 1.94. The summed E-state index contributed by atoms with van der Waals surface area (Å²) in [6.45, 7) is -3.70. The predicted molar refractivity (Wildman–Crippen MR) is 114 cm³/mol. The molecule has 1 heterocycles. The van der Waals surface area contributed by atoms with Crippen LogP contribution in [0.4, 0.5) is 20.2 Å². The lowest BCUT2D eigenvalue weighted by atomic mass is 10.2. The van der Waals surface area contributed by atoms with Crippen molar-refractivity contribution in [3.05, 3.63) is 66.0 Å². The third-order valence-electron chi connectivity index (χ3n) is 4.06. The van der Waals surface area contributed by atoms with Gasteiger partial charge in [-0.3, -0.25) is 9.10 Å². The molecule has 0 saturated carbocycles. The molecule has 0 fully saturated rings. The van der Waals surface area contributed by atoms with Gasteiger partial charge in [-0.25, -0.2) is 8.42 Å². The SMILES string of the molecule is COc1ccccc1N(CC(=O)Nc1ccccc1OC(F)F)S(=O)(=O)c1cccs1. The molecule has 1 N–H and O–H groups in total. The van der Waals surface area contributed by atoms with Crippen molar-refractivity contribution in [2.45, 2.75) is 10.8 Å². The first-order valence-electron chi connectivity index (χ1n) is 8.86. The summed E-state index contributed by atoms with van der Waals surface area (Å²) in [5, 5.41) is 4.03. The Labute approximate surface area is 181 Å². The first kappa shape index (κ1) is 22.5. The second-order valence-electron chi connectivity index (χ2n) is 6.04. The number of hydrogen-bond donors (Lipinski definition) is 1. The average molecular weight is 469 g/mol. The van der Waals surface area contributed by atoms with Crippen molar-refractivity contribution in [3.63, 3.8) is 0 Å². The lowest BCUT2D eigenvalue weighted by Crippen LogP contribution is -2.38. The second-order valence-corrected chi connectivity index (χ2v) is 9.08. The van der Waals surface area contributed by atoms with Gasteiger partial charge in [0, 0.05) is 0 Å². The number of nitrogens with one attached hydrogen (secondary N) is 1. The van der Waals surface area contributed by atoms with Crippen molar-refractivity contribution in [1.82, 2.24) is 0 Å². The largest absolute Gasteiger partial charge is 0.495 e. The molecular formula is C20H18F2N2O5S2. The van der Waals surface area contributed by atoms with Crippen LogP contribution in [0.15, 0.2) is 70.3 Å². The van der Waals surface area contributed by atoms with Crippen LogP contribution in [0.1, 0.15) is 0 Å². The number of thiophene rings is 1. The Kier molecular flexibility index (Phi) is 7.08. The highest BCUT2D eigenvalue weighted by Gasteiger charge is 2.30. The van der Waals surface area contributed by atoms with E-state index in [1.54, 1.807) is 29.6 Å². The number of carbonyl (C=O) groups excluding carboxylic acids is 1. The minimum atomic E-state index is -4.10. The van der Waals surface area contributed by atoms with E-state index in [0.29, 0.717) is 0 Å². The van der Waals surface area contributed by atoms with Crippen LogP contribution >= 0.6 is 11.3 Å². The fourth-order valence-corrected chi connectivity index (χ4v) is 5.28. The van der Waals surface area contributed by atoms with Crippen LogP contribution in [0.25, 0.3) is 0 Å². The maximum absolute atomic E-state index is 13.2. The molecule has 31 heavy (non-hydrogen) atoms. The van der Waals surface area contributed by atoms with Gasteiger partial charge in [-0.2, -0.15) is 8.78 Å². The van der Waals surface area contributed by atoms with Gasteiger partial charge in [0.05, 0.1) is 18.5 Å². The van der Waals surface area contributed by atoms with Gasteiger partial charge in [0.1, 0.15) is 22.3 Å². The molecular weight excluding hydrogens is 450 g/mol. The van der Waals surface area contributed by atoms with E-state index in [1.807, 2.05) is 0 Å². The summed E-state index contributed by atoms with van der Waals surface area (Å²) in [5.74, 6) is -0.746. The number of sulfonamides is 1. The lowest BCUT2D eigenvalue weighted by Gasteiger charge is -2.25. The third kappa shape index (κ3) is 5.30. The van der Waals surface area contributed by atoms with Crippen molar-refractivity contribution in [3.8, 4) is 11.5 Å². The van der Waals surface area contributed by atoms with Crippen LogP contribution < -0.4 is 19.1 Å². The molecule has 3 aromatic rings. The number of hydrogen-bond acceptors (Lipinski definition) is 6. The minimum absolute atomic E-state index is 0.0127. The van der Waals surface area contributed by atoms with Crippen molar-refractivity contribution in [2.75, 3.05) is 23.3 Å². The Morgan fingerprint density at radius 2 is 1.74 bits per heavy atom. The van der Waals surface area contributed by atoms with Crippen molar-refractivity contribution < 1.29 is 31.5 Å². The summed E-state index contributed by atoms with van der Waals surface area (Å²) in [6.07, 6.45) is 0. The highest BCUT2D eigenvalue weighted by atomic mass is 32.2. The number of carbonyl (C=O) groups is 1. The number of benzene rings is 2. The average Bonchev–Trinajstić information content (AvgIpc) is 3.29. The topological polar surface area (TPSA) is 84.9 Å². The molecule has 1 aromatic heterocycles. The third-order valence-corrected chi connectivity index (χ3v) is 7.19. The molecule has 0 bridgehead atoms. The number of para-hydroxylation sites is 4. The summed E-state index contributed by atoms with van der Waals surface area (Å²) in [4.78, 5) is 12.8. The summed E-state index contributed by atoms with van der Waals surface area (Å²) in [6, 6.07) is 15.0. The zero-order chi connectivity index (χ0) is 22.4. The molecule has 0 radical (unpaired) electrons. The number of methoxy groups -OCH3 is 1. The molecule has 164 valence electrons. The highest BCUT2D eigenvalue weighted by molar-refractivity contribution is 7.94. The predicted octanol–water partition coefficient (Wildman–Crippen LogP) is 4.19. The highest BCUT2D eigenvalue weighted by Crippen LogP contribution is 2.33. The smallest absolute Gasteiger partial charge is 0.387 e. The van der Waals surface area contributed by atoms with Crippen LogP contribution in [0.5, 0.6) is 11.5 Å². The molecule has 0 aliphatic heterocycles. The number of alkyl halides is 2. The summed E-state index contributed by atoms with van der Waals surface area (Å²) < 4.78 is 62.3. The zero-order valence-corrected chi connectivity index (χ0v) is 17.8. The number of halogens is 2. The van der Waals surface area contributed by atoms with Crippen molar-refractivity contribution >= 4 is 38.6 Å². The van der Waals surface area contributed by atoms with E-state index in [4.69, 9.17) is 4.74 Å². The van der Waals surface area contributed by atoms with E-state index >= 15 is 0 Å². The maximum atomic E-state index is 13.2. The molecule has 11 heteroatoms. The summed E-state index contributed by atoms with van der Waals surface area (Å²) in [5.41, 5.74) is 0.145. The number of amides is 1. The van der Waals surface area contributed by atoms with Crippen LogP contribution in [0.2, 0.25) is 0 Å². The summed E-state index contributed by atoms with van der Waals surface area (Å²) in [7, 11) is -2.72. The number of anilines is 2. The van der Waals surface area contributed by atoms with Gasteiger partial charge in [0.25, 0.3) is 10.0 Å². The molecule has 0 aliphatic carbocycles. The zero-order valence-electron chi connectivity index (χ0n) is 16.2. The normalized spacial score (nSPS) is 11.2. The molecule has 2 aromatic carbocycles. The molecule has 7 nitrogen and oxygen atoms in total. The van der Waals surface area contributed by atoms with Crippen molar-refractivity contribution in [2.24, 2.45) is 0 Å². The Bertz CT molecular complexity index is 1140. The number of rotatable bonds is 9. The molecule has 0 saturated heterocycles. The van der Waals surface area contributed by atoms with Gasteiger partial charge < -0.3 is 14.8 Å². The van der Waals surface area contributed by atoms with Gasteiger partial charge in [-0.1, -0.05) is 30.3 Å². The molecule has 0 spiro atoms. The van der Waals surface area contributed by atoms with Crippen LogP contribution in [-0.2, 0) is 14.8 Å². The second kappa shape index (κ2) is 9.75. The quantitative estimate of drug-likeness (QED) is 0.509. The monoisotopic (exact) mass is 468 g/mol. The van der Waals surface area contributed by atoms with E-state index in [2.05, 4.69) is 10.1 Å². The van der Waals surface area contributed by atoms with E-state index in [9.17, 15) is 22.0 Å². The van der Waals surface area contributed by atoms with Crippen LogP contribution in [0.3, 0.4) is 0 Å². The molecule has 0 unspecified atom stereocenters. The molecule has 1 amide bonds. The molecule has 3 rings (SSSR count). The van der Waals surface area contributed by atoms with Crippen molar-refractivity contribution in [1.29, 1.82) is 0 Å². The van der Waals surface area contributed by atoms with E-state index < -0.39 is 29.1 Å². The maximum Gasteiger partial charge on any atom is 0.387 e. The fourth-order valence-electron chi connectivity index (χ4n) is 2.74. The number of ether oxygens (including phenoxy) is 2. The Hall–Kier alpha value is -3.18. The Morgan fingerprint density at radius 1 is 1.06 bits per heavy atom.